The van der Waals surface area contributed by atoms with Crippen LogP contribution in [0.3, 0.4) is 0 Å². The van der Waals surface area contributed by atoms with Gasteiger partial charge in [-0.3, -0.25) is 9.29 Å². The molecule has 2 aromatic rings. The van der Waals surface area contributed by atoms with Crippen LogP contribution in [0, 0.1) is 0 Å². The van der Waals surface area contributed by atoms with Crippen LogP contribution in [-0.4, -0.2) is 61.4 Å². The number of anilines is 1. The lowest BCUT2D eigenvalue weighted by Gasteiger charge is -2.35. The highest BCUT2D eigenvalue weighted by Gasteiger charge is 2.37. The molecule has 1 aliphatic heterocycles. The first kappa shape index (κ1) is 25.5. The number of esters is 1. The molecule has 0 unspecified atom stereocenters. The molecule has 1 saturated heterocycles. The predicted molar refractivity (Wildman–Crippen MR) is 128 cm³/mol. The van der Waals surface area contributed by atoms with E-state index in [0.717, 1.165) is 0 Å². The molecule has 0 radical (unpaired) electrons. The third-order valence-corrected chi connectivity index (χ3v) is 7.69. The Morgan fingerprint density at radius 1 is 1.09 bits per heavy atom. The van der Waals surface area contributed by atoms with Gasteiger partial charge in [0.2, 0.25) is 10.0 Å². The number of amides is 1. The number of benzene rings is 1. The van der Waals surface area contributed by atoms with Crippen LogP contribution < -0.4 is 4.31 Å². The van der Waals surface area contributed by atoms with Crippen LogP contribution in [0.25, 0.3) is 0 Å². The molecule has 0 aliphatic carbocycles. The van der Waals surface area contributed by atoms with Gasteiger partial charge >= 0.3 is 12.1 Å². The lowest BCUT2D eigenvalue weighted by atomic mass is 10.1. The molecule has 1 aliphatic rings. The number of aromatic nitrogens is 1. The van der Waals surface area contributed by atoms with Crippen molar-refractivity contribution in [2.75, 3.05) is 24.5 Å². The zero-order valence-electron chi connectivity index (χ0n) is 19.9. The second-order valence-corrected chi connectivity index (χ2v) is 11.2. The number of hydrogen-bond donors (Lipinski definition) is 0. The number of sulfonamides is 1. The highest BCUT2D eigenvalue weighted by Crippen LogP contribution is 2.28. The van der Waals surface area contributed by atoms with Crippen LogP contribution >= 0.6 is 0 Å². The molecular formula is C24H31N3O6S. The van der Waals surface area contributed by atoms with Crippen molar-refractivity contribution in [2.24, 2.45) is 0 Å². The molecule has 2 heterocycles. The van der Waals surface area contributed by atoms with Crippen LogP contribution in [0.15, 0.2) is 48.7 Å². The summed E-state index contributed by atoms with van der Waals surface area (Å²) < 4.78 is 38.9. The number of nitrogens with zero attached hydrogens (tertiary/aromatic N) is 3. The van der Waals surface area contributed by atoms with Crippen LogP contribution in [0.4, 0.5) is 10.5 Å². The number of hydrogen-bond acceptors (Lipinski definition) is 7. The predicted octanol–water partition coefficient (Wildman–Crippen LogP) is 3.60. The minimum Gasteiger partial charge on any atom is -0.465 e. The topological polar surface area (TPSA) is 106 Å². The van der Waals surface area contributed by atoms with E-state index in [1.807, 2.05) is 6.07 Å². The largest absolute Gasteiger partial charge is 0.465 e. The Hall–Kier alpha value is -3.14. The zero-order chi connectivity index (χ0) is 24.9. The van der Waals surface area contributed by atoms with Crippen molar-refractivity contribution in [3.05, 3.63) is 59.9 Å². The average Bonchev–Trinajstić information content (AvgIpc) is 2.82. The van der Waals surface area contributed by atoms with Gasteiger partial charge in [0.15, 0.2) is 0 Å². The summed E-state index contributed by atoms with van der Waals surface area (Å²) in [5.74, 6) is -0.511. The van der Waals surface area contributed by atoms with E-state index in [4.69, 9.17) is 9.47 Å². The molecule has 0 atom stereocenters. The van der Waals surface area contributed by atoms with Gasteiger partial charge in [0.1, 0.15) is 5.60 Å². The standard InChI is InChI=1S/C24H31N3O6S/c1-24(2,3)33-23(29)26-14-12-21(13-15-26)34(30,31)27(20-8-6-5-7-9-20)17-19-11-10-18(16-25-19)22(28)32-4/h5-11,16,21H,12-15,17H2,1-4H3. The molecule has 0 spiro atoms. The second-order valence-electron chi connectivity index (χ2n) is 9.08. The van der Waals surface area contributed by atoms with Crippen molar-refractivity contribution in [3.8, 4) is 0 Å². The molecule has 184 valence electrons. The Morgan fingerprint density at radius 2 is 1.74 bits per heavy atom. The SMILES string of the molecule is COC(=O)c1ccc(CN(c2ccccc2)S(=O)(=O)C2CCN(C(=O)OC(C)(C)C)CC2)nc1. The first-order chi connectivity index (χ1) is 16.0. The first-order valence-corrected chi connectivity index (χ1v) is 12.6. The van der Waals surface area contributed by atoms with Crippen LogP contribution in [-0.2, 0) is 26.0 Å². The van der Waals surface area contributed by atoms with Gasteiger partial charge in [-0.1, -0.05) is 18.2 Å². The van der Waals surface area contributed by atoms with Gasteiger partial charge in [0.25, 0.3) is 0 Å². The van der Waals surface area contributed by atoms with Crippen molar-refractivity contribution in [1.29, 1.82) is 0 Å². The summed E-state index contributed by atoms with van der Waals surface area (Å²) in [4.78, 5) is 29.9. The van der Waals surface area contributed by atoms with Gasteiger partial charge in [0.05, 0.1) is 35.8 Å². The smallest absolute Gasteiger partial charge is 0.410 e. The number of pyridine rings is 1. The van der Waals surface area contributed by atoms with Gasteiger partial charge in [-0.15, -0.1) is 0 Å². The molecule has 0 N–H and O–H groups in total. The molecular weight excluding hydrogens is 458 g/mol. The maximum absolute atomic E-state index is 13.7. The minimum atomic E-state index is -3.77. The highest BCUT2D eigenvalue weighted by molar-refractivity contribution is 7.93. The molecule has 9 nitrogen and oxygen atoms in total. The summed E-state index contributed by atoms with van der Waals surface area (Å²) in [5.41, 5.74) is 0.692. The zero-order valence-corrected chi connectivity index (χ0v) is 20.7. The highest BCUT2D eigenvalue weighted by atomic mass is 32.2. The van der Waals surface area contributed by atoms with E-state index in [0.29, 0.717) is 37.3 Å². The third-order valence-electron chi connectivity index (χ3n) is 5.42. The van der Waals surface area contributed by atoms with Crippen molar-refractivity contribution in [1.82, 2.24) is 9.88 Å². The van der Waals surface area contributed by atoms with Gasteiger partial charge in [-0.25, -0.2) is 18.0 Å². The summed E-state index contributed by atoms with van der Waals surface area (Å²) in [6.45, 7) is 6.00. The van der Waals surface area contributed by atoms with E-state index in [1.165, 1.54) is 17.6 Å². The summed E-state index contributed by atoms with van der Waals surface area (Å²) in [6.07, 6.45) is 1.55. The fourth-order valence-electron chi connectivity index (χ4n) is 3.67. The molecule has 1 fully saturated rings. The van der Waals surface area contributed by atoms with Crippen molar-refractivity contribution >= 4 is 27.8 Å². The number of likely N-dealkylation sites (tertiary alicyclic amines) is 1. The first-order valence-electron chi connectivity index (χ1n) is 11.1. The van der Waals surface area contributed by atoms with E-state index in [9.17, 15) is 18.0 Å². The summed E-state index contributed by atoms with van der Waals surface area (Å²) >= 11 is 0. The van der Waals surface area contributed by atoms with Crippen LogP contribution in [0.1, 0.15) is 49.7 Å². The molecule has 34 heavy (non-hydrogen) atoms. The van der Waals surface area contributed by atoms with Gasteiger partial charge in [0, 0.05) is 19.3 Å². The molecule has 1 amide bonds. The van der Waals surface area contributed by atoms with Crippen molar-refractivity contribution in [2.45, 2.75) is 51.0 Å². The van der Waals surface area contributed by atoms with Gasteiger partial charge in [-0.2, -0.15) is 0 Å². The lowest BCUT2D eigenvalue weighted by Crippen LogP contribution is -2.48. The second kappa shape index (κ2) is 10.4. The fourth-order valence-corrected chi connectivity index (χ4v) is 5.56. The number of ether oxygens (including phenoxy) is 2. The minimum absolute atomic E-state index is 0.0140. The van der Waals surface area contributed by atoms with E-state index in [-0.39, 0.29) is 12.1 Å². The summed E-state index contributed by atoms with van der Waals surface area (Å²) in [6, 6.07) is 12.0. The number of piperidine rings is 1. The third kappa shape index (κ3) is 6.25. The van der Waals surface area contributed by atoms with Crippen LogP contribution in [0.2, 0.25) is 0 Å². The monoisotopic (exact) mass is 489 g/mol. The summed E-state index contributed by atoms with van der Waals surface area (Å²) in [5, 5.41) is -0.652. The molecule has 0 bridgehead atoms. The quantitative estimate of drug-likeness (QED) is 0.571. The Labute approximate surface area is 200 Å². The van der Waals surface area contributed by atoms with Gasteiger partial charge in [-0.05, 0) is 57.9 Å². The van der Waals surface area contributed by atoms with Gasteiger partial charge < -0.3 is 14.4 Å². The molecule has 0 saturated carbocycles. The fraction of sp³-hybridized carbons (Fsp3) is 0.458. The normalized spacial score (nSPS) is 15.0. The number of carbonyl (C=O) groups excluding carboxylic acids is 2. The van der Waals surface area contributed by atoms with E-state index >= 15 is 0 Å². The molecule has 1 aromatic heterocycles. The Kier molecular flexibility index (Phi) is 7.81. The van der Waals surface area contributed by atoms with Crippen molar-refractivity contribution in [3.63, 3.8) is 0 Å². The van der Waals surface area contributed by atoms with Crippen LogP contribution in [0.5, 0.6) is 0 Å². The van der Waals surface area contributed by atoms with E-state index < -0.39 is 32.9 Å². The molecule has 3 rings (SSSR count). The number of methoxy groups -OCH3 is 1. The Morgan fingerprint density at radius 3 is 2.26 bits per heavy atom. The average molecular weight is 490 g/mol. The Bertz CT molecular complexity index is 1090. The number of para-hydroxylation sites is 1. The van der Waals surface area contributed by atoms with E-state index in [2.05, 4.69) is 4.98 Å². The summed E-state index contributed by atoms with van der Waals surface area (Å²) in [7, 11) is -2.48. The Balaban J connectivity index is 1.79. The van der Waals surface area contributed by atoms with E-state index in [1.54, 1.807) is 62.1 Å². The maximum atomic E-state index is 13.7. The molecule has 1 aromatic carbocycles. The number of rotatable bonds is 6. The number of carbonyl (C=O) groups is 2. The molecule has 10 heteroatoms. The maximum Gasteiger partial charge on any atom is 0.410 e. The van der Waals surface area contributed by atoms with Crippen molar-refractivity contribution < 1.29 is 27.5 Å². The lowest BCUT2D eigenvalue weighted by molar-refractivity contribution is 0.0217.